The summed E-state index contributed by atoms with van der Waals surface area (Å²) in [6, 6.07) is 8.51. The van der Waals surface area contributed by atoms with Crippen molar-refractivity contribution in [3.05, 3.63) is 35.4 Å². The van der Waals surface area contributed by atoms with Crippen LogP contribution in [0.15, 0.2) is 24.3 Å². The molecule has 2 rings (SSSR count). The fraction of sp³-hybridized carbons (Fsp3) is 0.632. The molecule has 1 aromatic carbocycles. The van der Waals surface area contributed by atoms with Crippen LogP contribution in [0.3, 0.4) is 0 Å². The Morgan fingerprint density at radius 2 is 2.00 bits per heavy atom. The maximum absolute atomic E-state index is 11.8. The zero-order valence-electron chi connectivity index (χ0n) is 16.0. The predicted octanol–water partition coefficient (Wildman–Crippen LogP) is 0.875. The molecule has 0 saturated heterocycles. The maximum atomic E-state index is 11.8. The van der Waals surface area contributed by atoms with Gasteiger partial charge < -0.3 is 25.6 Å². The number of methoxy groups -OCH3 is 1. The second-order valence-corrected chi connectivity index (χ2v) is 7.49. The lowest BCUT2D eigenvalue weighted by atomic mass is 9.81. The van der Waals surface area contributed by atoms with Gasteiger partial charge >= 0.3 is 13.1 Å². The SMILES string of the molecule is COC[C@@H]1Cc2ccccc2CN1CC[C@](N)(CCCCB(O)O)C(=O)O. The molecule has 0 amide bonds. The summed E-state index contributed by atoms with van der Waals surface area (Å²) in [5.74, 6) is -1.01. The monoisotopic (exact) mass is 378 g/mol. The van der Waals surface area contributed by atoms with Gasteiger partial charge in [0.15, 0.2) is 0 Å². The first-order valence-corrected chi connectivity index (χ1v) is 9.54. The van der Waals surface area contributed by atoms with Crippen LogP contribution in [0, 0.1) is 0 Å². The zero-order chi connectivity index (χ0) is 19.9. The predicted molar refractivity (Wildman–Crippen MR) is 104 cm³/mol. The maximum Gasteiger partial charge on any atom is 0.451 e. The van der Waals surface area contributed by atoms with Gasteiger partial charge in [0.05, 0.1) is 6.61 Å². The fourth-order valence-electron chi connectivity index (χ4n) is 3.71. The average Bonchev–Trinajstić information content (AvgIpc) is 2.63. The van der Waals surface area contributed by atoms with E-state index in [2.05, 4.69) is 17.0 Å². The Balaban J connectivity index is 1.98. The van der Waals surface area contributed by atoms with Crippen molar-refractivity contribution >= 4 is 13.1 Å². The van der Waals surface area contributed by atoms with E-state index in [4.69, 9.17) is 20.5 Å². The lowest BCUT2D eigenvalue weighted by Crippen LogP contribution is -2.52. The molecule has 1 aliphatic heterocycles. The molecule has 7 nitrogen and oxygen atoms in total. The van der Waals surface area contributed by atoms with Gasteiger partial charge in [-0.1, -0.05) is 37.1 Å². The minimum Gasteiger partial charge on any atom is -0.480 e. The number of hydrogen-bond donors (Lipinski definition) is 4. The van der Waals surface area contributed by atoms with Crippen LogP contribution in [0.4, 0.5) is 0 Å². The highest BCUT2D eigenvalue weighted by atomic mass is 16.5. The van der Waals surface area contributed by atoms with E-state index in [1.54, 1.807) is 7.11 Å². The molecular formula is C19H31BN2O5. The van der Waals surface area contributed by atoms with Crippen molar-refractivity contribution in [1.82, 2.24) is 4.90 Å². The van der Waals surface area contributed by atoms with Crippen molar-refractivity contribution < 1.29 is 24.7 Å². The van der Waals surface area contributed by atoms with E-state index in [1.165, 1.54) is 11.1 Å². The smallest absolute Gasteiger partial charge is 0.451 e. The van der Waals surface area contributed by atoms with Gasteiger partial charge in [-0.15, -0.1) is 0 Å². The molecule has 2 atom stereocenters. The van der Waals surface area contributed by atoms with E-state index in [1.807, 2.05) is 12.1 Å². The molecule has 0 fully saturated rings. The Morgan fingerprint density at radius 3 is 2.63 bits per heavy atom. The molecule has 5 N–H and O–H groups in total. The summed E-state index contributed by atoms with van der Waals surface area (Å²) in [6.45, 7) is 1.93. The molecule has 0 aromatic heterocycles. The number of nitrogens with zero attached hydrogens (tertiary/aromatic N) is 1. The summed E-state index contributed by atoms with van der Waals surface area (Å²) in [6.07, 6.45) is 2.84. The molecule has 1 aromatic rings. The highest BCUT2D eigenvalue weighted by Crippen LogP contribution is 2.26. The Bertz CT molecular complexity index is 616. The number of ether oxygens (including phenoxy) is 1. The molecular weight excluding hydrogens is 347 g/mol. The number of unbranched alkanes of at least 4 members (excludes halogenated alkanes) is 1. The van der Waals surface area contributed by atoms with Gasteiger partial charge in [-0.3, -0.25) is 9.69 Å². The van der Waals surface area contributed by atoms with E-state index in [-0.39, 0.29) is 12.4 Å². The van der Waals surface area contributed by atoms with Crippen LogP contribution in [0.25, 0.3) is 0 Å². The third kappa shape index (κ3) is 6.29. The van der Waals surface area contributed by atoms with E-state index in [9.17, 15) is 9.90 Å². The third-order valence-electron chi connectivity index (χ3n) is 5.43. The quantitative estimate of drug-likeness (QED) is 0.334. The molecule has 0 unspecified atom stereocenters. The molecule has 1 aliphatic rings. The van der Waals surface area contributed by atoms with Crippen LogP contribution >= 0.6 is 0 Å². The van der Waals surface area contributed by atoms with Crippen LogP contribution in [0.5, 0.6) is 0 Å². The summed E-state index contributed by atoms with van der Waals surface area (Å²) >= 11 is 0. The number of rotatable bonds is 11. The van der Waals surface area contributed by atoms with Gasteiger partial charge in [0.2, 0.25) is 0 Å². The van der Waals surface area contributed by atoms with Gasteiger partial charge in [0, 0.05) is 26.2 Å². The zero-order valence-corrected chi connectivity index (χ0v) is 16.0. The lowest BCUT2D eigenvalue weighted by molar-refractivity contribution is -0.144. The van der Waals surface area contributed by atoms with Gasteiger partial charge in [-0.2, -0.15) is 0 Å². The first-order valence-electron chi connectivity index (χ1n) is 9.54. The standard InChI is InChI=1S/C19H31BN2O5/c1-27-14-17-12-15-6-2-3-7-16(15)13-22(17)11-9-19(21,18(23)24)8-4-5-10-20(25)26/h2-3,6-7,17,25-26H,4-5,8-14,21H2,1H3,(H,23,24)/t17-,19+/m0/s1. The minimum atomic E-state index is -1.36. The Labute approximate surface area is 161 Å². The molecule has 150 valence electrons. The van der Waals surface area contributed by atoms with Crippen molar-refractivity contribution in [3.63, 3.8) is 0 Å². The number of carboxylic acid groups (broad SMARTS) is 1. The van der Waals surface area contributed by atoms with E-state index >= 15 is 0 Å². The summed E-state index contributed by atoms with van der Waals surface area (Å²) < 4.78 is 5.37. The fourth-order valence-corrected chi connectivity index (χ4v) is 3.71. The van der Waals surface area contributed by atoms with Crippen LogP contribution in [-0.4, -0.2) is 65.0 Å². The number of benzene rings is 1. The molecule has 0 spiro atoms. The molecule has 8 heteroatoms. The van der Waals surface area contributed by atoms with E-state index in [0.29, 0.717) is 38.8 Å². The van der Waals surface area contributed by atoms with Gasteiger partial charge in [-0.25, -0.2) is 0 Å². The summed E-state index contributed by atoms with van der Waals surface area (Å²) in [4.78, 5) is 14.0. The lowest BCUT2D eigenvalue weighted by Gasteiger charge is -2.38. The molecule has 0 aliphatic carbocycles. The molecule has 0 saturated carbocycles. The molecule has 27 heavy (non-hydrogen) atoms. The highest BCUT2D eigenvalue weighted by molar-refractivity contribution is 6.40. The third-order valence-corrected chi connectivity index (χ3v) is 5.43. The average molecular weight is 378 g/mol. The normalized spacial score (nSPS) is 19.3. The molecule has 0 bridgehead atoms. The highest BCUT2D eigenvalue weighted by Gasteiger charge is 2.35. The van der Waals surface area contributed by atoms with Crippen LogP contribution in [0.2, 0.25) is 6.32 Å². The summed E-state index contributed by atoms with van der Waals surface area (Å²) in [7, 11) is 0.323. The Hall–Kier alpha value is -1.45. The van der Waals surface area contributed by atoms with Gasteiger partial charge in [0.25, 0.3) is 0 Å². The van der Waals surface area contributed by atoms with Crippen LogP contribution < -0.4 is 5.73 Å². The second-order valence-electron chi connectivity index (χ2n) is 7.49. The summed E-state index contributed by atoms with van der Waals surface area (Å²) in [5.41, 5.74) is 7.47. The number of nitrogens with two attached hydrogens (primary N) is 1. The van der Waals surface area contributed by atoms with Crippen LogP contribution in [0.1, 0.15) is 36.8 Å². The van der Waals surface area contributed by atoms with E-state index in [0.717, 1.165) is 13.0 Å². The van der Waals surface area contributed by atoms with Crippen molar-refractivity contribution in [3.8, 4) is 0 Å². The van der Waals surface area contributed by atoms with Crippen molar-refractivity contribution in [2.45, 2.75) is 56.5 Å². The first kappa shape index (κ1) is 21.9. The largest absolute Gasteiger partial charge is 0.480 e. The van der Waals surface area contributed by atoms with Crippen molar-refractivity contribution in [1.29, 1.82) is 0 Å². The van der Waals surface area contributed by atoms with Crippen molar-refractivity contribution in [2.75, 3.05) is 20.3 Å². The molecule has 1 heterocycles. The van der Waals surface area contributed by atoms with Crippen molar-refractivity contribution in [2.24, 2.45) is 5.73 Å². The van der Waals surface area contributed by atoms with Gasteiger partial charge in [-0.05, 0) is 36.7 Å². The number of hydrogen-bond acceptors (Lipinski definition) is 6. The second kappa shape index (κ2) is 10.2. The number of carboxylic acids is 1. The van der Waals surface area contributed by atoms with Crippen LogP contribution in [-0.2, 0) is 22.5 Å². The van der Waals surface area contributed by atoms with Gasteiger partial charge in [0.1, 0.15) is 5.54 Å². The number of carbonyl (C=O) groups is 1. The topological polar surface area (TPSA) is 116 Å². The Morgan fingerprint density at radius 1 is 1.30 bits per heavy atom. The summed E-state index contributed by atoms with van der Waals surface area (Å²) in [5, 5.41) is 27.5. The molecule has 0 radical (unpaired) electrons. The van der Waals surface area contributed by atoms with E-state index < -0.39 is 18.6 Å². The minimum absolute atomic E-state index is 0.201. The Kier molecular flexibility index (Phi) is 8.25. The number of aliphatic carboxylic acids is 1. The number of fused-ring (bicyclic) bond motifs is 1. The first-order chi connectivity index (χ1) is 12.9.